The summed E-state index contributed by atoms with van der Waals surface area (Å²) in [5.41, 5.74) is 2.93. The minimum Gasteiger partial charge on any atom is -0.453 e. The molecule has 0 aliphatic carbocycles. The van der Waals surface area contributed by atoms with E-state index in [2.05, 4.69) is 10.4 Å². The Bertz CT molecular complexity index is 593. The molecule has 4 nitrogen and oxygen atoms in total. The zero-order valence-corrected chi connectivity index (χ0v) is 12.4. The lowest BCUT2D eigenvalue weighted by Crippen LogP contribution is -2.06. The average molecular weight is 280 g/mol. The van der Waals surface area contributed by atoms with Gasteiger partial charge in [0.15, 0.2) is 5.75 Å². The number of halogens is 1. The van der Waals surface area contributed by atoms with Crippen LogP contribution in [0.1, 0.15) is 17.0 Å². The molecule has 1 heterocycles. The van der Waals surface area contributed by atoms with E-state index in [1.165, 1.54) is 0 Å². The minimum atomic E-state index is 0.661. The second kappa shape index (κ2) is 5.63. The first-order valence-electron chi connectivity index (χ1n) is 6.14. The molecule has 5 heteroatoms. The molecule has 2 rings (SSSR count). The van der Waals surface area contributed by atoms with Crippen LogP contribution in [-0.4, -0.2) is 16.8 Å². The summed E-state index contributed by atoms with van der Waals surface area (Å²) in [4.78, 5) is 0. The van der Waals surface area contributed by atoms with Crippen molar-refractivity contribution in [3.8, 4) is 11.5 Å². The van der Waals surface area contributed by atoms with Crippen LogP contribution in [0.15, 0.2) is 18.2 Å². The first-order valence-corrected chi connectivity index (χ1v) is 6.51. The van der Waals surface area contributed by atoms with Crippen molar-refractivity contribution in [3.63, 3.8) is 0 Å². The van der Waals surface area contributed by atoms with E-state index in [1.807, 2.05) is 50.8 Å². The number of ether oxygens (including phenoxy) is 1. The summed E-state index contributed by atoms with van der Waals surface area (Å²) in [6.45, 7) is 4.65. The van der Waals surface area contributed by atoms with Gasteiger partial charge in [-0.1, -0.05) is 17.7 Å². The number of benzene rings is 1. The van der Waals surface area contributed by atoms with Crippen molar-refractivity contribution in [3.05, 3.63) is 40.2 Å². The van der Waals surface area contributed by atoms with Gasteiger partial charge < -0.3 is 10.1 Å². The molecular weight excluding hydrogens is 262 g/mol. The van der Waals surface area contributed by atoms with Crippen molar-refractivity contribution in [2.45, 2.75) is 20.4 Å². The molecule has 0 unspecified atom stereocenters. The fourth-order valence-corrected chi connectivity index (χ4v) is 2.13. The zero-order valence-electron chi connectivity index (χ0n) is 11.6. The highest BCUT2D eigenvalue weighted by molar-refractivity contribution is 6.30. The number of nitrogens with zero attached hydrogens (tertiary/aromatic N) is 2. The Morgan fingerprint density at radius 3 is 2.68 bits per heavy atom. The van der Waals surface area contributed by atoms with Crippen LogP contribution < -0.4 is 10.1 Å². The van der Waals surface area contributed by atoms with Gasteiger partial charge in [0.05, 0.1) is 5.69 Å². The topological polar surface area (TPSA) is 39.1 Å². The summed E-state index contributed by atoms with van der Waals surface area (Å²) in [5, 5.41) is 8.13. The monoisotopic (exact) mass is 279 g/mol. The number of hydrogen-bond donors (Lipinski definition) is 1. The van der Waals surface area contributed by atoms with E-state index in [0.717, 1.165) is 35.0 Å². The normalized spacial score (nSPS) is 10.8. The van der Waals surface area contributed by atoms with E-state index >= 15 is 0 Å². The molecule has 19 heavy (non-hydrogen) atoms. The Kier molecular flexibility index (Phi) is 4.12. The van der Waals surface area contributed by atoms with Gasteiger partial charge in [0.25, 0.3) is 0 Å². The van der Waals surface area contributed by atoms with Crippen LogP contribution in [0.25, 0.3) is 0 Å². The van der Waals surface area contributed by atoms with Crippen molar-refractivity contribution >= 4 is 11.6 Å². The largest absolute Gasteiger partial charge is 0.453 e. The predicted molar refractivity (Wildman–Crippen MR) is 77.0 cm³/mol. The molecule has 1 aromatic heterocycles. The lowest BCUT2D eigenvalue weighted by Gasteiger charge is -2.11. The van der Waals surface area contributed by atoms with Gasteiger partial charge >= 0.3 is 0 Å². The average Bonchev–Trinajstić information content (AvgIpc) is 2.59. The smallest absolute Gasteiger partial charge is 0.171 e. The van der Waals surface area contributed by atoms with Gasteiger partial charge in [-0.25, -0.2) is 0 Å². The van der Waals surface area contributed by atoms with E-state index in [9.17, 15) is 0 Å². The second-order valence-electron chi connectivity index (χ2n) is 4.51. The number of nitrogens with one attached hydrogen (secondary N) is 1. The maximum absolute atomic E-state index is 6.05. The molecule has 0 bridgehead atoms. The van der Waals surface area contributed by atoms with E-state index in [0.29, 0.717) is 5.02 Å². The number of aromatic nitrogens is 2. The molecule has 0 saturated carbocycles. The maximum atomic E-state index is 6.05. The molecule has 0 amide bonds. The fourth-order valence-electron chi connectivity index (χ4n) is 1.97. The van der Waals surface area contributed by atoms with Crippen molar-refractivity contribution in [1.82, 2.24) is 15.1 Å². The number of rotatable bonds is 4. The molecule has 102 valence electrons. The van der Waals surface area contributed by atoms with Crippen LogP contribution in [0, 0.1) is 13.8 Å². The van der Waals surface area contributed by atoms with Crippen LogP contribution in [0.5, 0.6) is 11.5 Å². The Labute approximate surface area is 118 Å². The van der Waals surface area contributed by atoms with Crippen molar-refractivity contribution in [1.29, 1.82) is 0 Å². The van der Waals surface area contributed by atoms with Crippen LogP contribution in [0.4, 0.5) is 0 Å². The Balaban J connectivity index is 2.39. The third kappa shape index (κ3) is 2.91. The van der Waals surface area contributed by atoms with E-state index in [-0.39, 0.29) is 0 Å². The Morgan fingerprint density at radius 1 is 1.37 bits per heavy atom. The molecule has 0 fully saturated rings. The van der Waals surface area contributed by atoms with Gasteiger partial charge in [-0.15, -0.1) is 0 Å². The standard InChI is InChI=1S/C14H18ClN3O/c1-9-14(10(2)18(4)17-9)19-13-7-12(15)6-5-11(13)8-16-3/h5-7,16H,8H2,1-4H3. The zero-order chi connectivity index (χ0) is 14.0. The molecule has 0 aliphatic heterocycles. The molecule has 2 aromatic rings. The Hall–Kier alpha value is -1.52. The highest BCUT2D eigenvalue weighted by Gasteiger charge is 2.14. The van der Waals surface area contributed by atoms with Crippen LogP contribution >= 0.6 is 11.6 Å². The van der Waals surface area contributed by atoms with Crippen LogP contribution in [0.3, 0.4) is 0 Å². The molecule has 0 aliphatic rings. The molecule has 0 spiro atoms. The first-order chi connectivity index (χ1) is 9.02. The maximum Gasteiger partial charge on any atom is 0.171 e. The highest BCUT2D eigenvalue weighted by Crippen LogP contribution is 2.32. The lowest BCUT2D eigenvalue weighted by molar-refractivity contribution is 0.466. The summed E-state index contributed by atoms with van der Waals surface area (Å²) >= 11 is 6.05. The lowest BCUT2D eigenvalue weighted by atomic mass is 10.2. The summed E-state index contributed by atoms with van der Waals surface area (Å²) in [7, 11) is 3.81. The summed E-state index contributed by atoms with van der Waals surface area (Å²) < 4.78 is 7.83. The van der Waals surface area contributed by atoms with E-state index < -0.39 is 0 Å². The van der Waals surface area contributed by atoms with Gasteiger partial charge in [-0.05, 0) is 33.0 Å². The van der Waals surface area contributed by atoms with E-state index in [1.54, 1.807) is 0 Å². The quantitative estimate of drug-likeness (QED) is 0.934. The fraction of sp³-hybridized carbons (Fsp3) is 0.357. The molecule has 1 aromatic carbocycles. The molecular formula is C14H18ClN3O. The third-order valence-corrected chi connectivity index (χ3v) is 3.29. The highest BCUT2D eigenvalue weighted by atomic mass is 35.5. The summed E-state index contributed by atoms with van der Waals surface area (Å²) in [6, 6.07) is 5.67. The van der Waals surface area contributed by atoms with Gasteiger partial charge in [0.1, 0.15) is 11.4 Å². The van der Waals surface area contributed by atoms with Crippen molar-refractivity contribution < 1.29 is 4.74 Å². The number of aryl methyl sites for hydroxylation is 2. The van der Waals surface area contributed by atoms with E-state index in [4.69, 9.17) is 16.3 Å². The van der Waals surface area contributed by atoms with Gasteiger partial charge in [0, 0.05) is 24.2 Å². The molecule has 0 atom stereocenters. The summed E-state index contributed by atoms with van der Waals surface area (Å²) in [6.07, 6.45) is 0. The van der Waals surface area contributed by atoms with Crippen molar-refractivity contribution in [2.24, 2.45) is 7.05 Å². The second-order valence-corrected chi connectivity index (χ2v) is 4.94. The summed E-state index contributed by atoms with van der Waals surface area (Å²) in [5.74, 6) is 1.56. The number of hydrogen-bond acceptors (Lipinski definition) is 3. The Morgan fingerprint density at radius 2 is 2.11 bits per heavy atom. The third-order valence-electron chi connectivity index (χ3n) is 3.05. The van der Waals surface area contributed by atoms with Gasteiger partial charge in [-0.2, -0.15) is 5.10 Å². The molecule has 0 radical (unpaired) electrons. The SMILES string of the molecule is CNCc1ccc(Cl)cc1Oc1c(C)nn(C)c1C. The molecule has 0 saturated heterocycles. The van der Waals surface area contributed by atoms with Crippen LogP contribution in [-0.2, 0) is 13.6 Å². The first kappa shape index (κ1) is 13.9. The molecule has 1 N–H and O–H groups in total. The predicted octanol–water partition coefficient (Wildman–Crippen LogP) is 3.20. The van der Waals surface area contributed by atoms with Crippen LogP contribution in [0.2, 0.25) is 5.02 Å². The minimum absolute atomic E-state index is 0.661. The van der Waals surface area contributed by atoms with Crippen molar-refractivity contribution in [2.75, 3.05) is 7.05 Å². The van der Waals surface area contributed by atoms with Gasteiger partial charge in [-0.3, -0.25) is 4.68 Å². The van der Waals surface area contributed by atoms with Gasteiger partial charge in [0.2, 0.25) is 0 Å².